The number of halogens is 2. The van der Waals surface area contributed by atoms with E-state index in [9.17, 15) is 12.8 Å². The highest BCUT2D eigenvalue weighted by Gasteiger charge is 2.19. The van der Waals surface area contributed by atoms with Crippen molar-refractivity contribution < 1.29 is 17.5 Å². The Morgan fingerprint density at radius 3 is 2.58 bits per heavy atom. The van der Waals surface area contributed by atoms with Gasteiger partial charge in [-0.2, -0.15) is 0 Å². The summed E-state index contributed by atoms with van der Waals surface area (Å²) in [6, 6.07) is 11.1. The molecule has 0 fully saturated rings. The summed E-state index contributed by atoms with van der Waals surface area (Å²) in [6.07, 6.45) is 0.650. The van der Waals surface area contributed by atoms with E-state index in [2.05, 4.69) is 20.7 Å². The minimum Gasteiger partial charge on any atom is -0.495 e. The molecule has 4 nitrogen and oxygen atoms in total. The molecular weight excluding hydrogens is 417 g/mol. The van der Waals surface area contributed by atoms with E-state index in [0.717, 1.165) is 10.6 Å². The summed E-state index contributed by atoms with van der Waals surface area (Å²) >= 11 is 4.82. The number of nitrogens with one attached hydrogen (secondary N) is 1. The molecule has 0 aromatic heterocycles. The molecule has 8 heteroatoms. The second-order valence-electron chi connectivity index (χ2n) is 4.85. The molecule has 1 N–H and O–H groups in total. The van der Waals surface area contributed by atoms with Crippen LogP contribution in [0.4, 0.5) is 4.39 Å². The predicted molar refractivity (Wildman–Crippen MR) is 97.6 cm³/mol. The normalized spacial score (nSPS) is 11.5. The maximum Gasteiger partial charge on any atom is 0.244 e. The highest BCUT2D eigenvalue weighted by molar-refractivity contribution is 9.10. The molecule has 0 aliphatic carbocycles. The molecule has 0 saturated heterocycles. The van der Waals surface area contributed by atoms with Crippen LogP contribution in [0, 0.1) is 5.82 Å². The first kappa shape index (κ1) is 19.2. The zero-order valence-corrected chi connectivity index (χ0v) is 16.2. The first-order valence-corrected chi connectivity index (χ1v) is 10.4. The molecular formula is C16H17BrFNO3S2. The van der Waals surface area contributed by atoms with Crippen LogP contribution in [0.15, 0.2) is 56.7 Å². The van der Waals surface area contributed by atoms with E-state index in [1.54, 1.807) is 36.0 Å². The summed E-state index contributed by atoms with van der Waals surface area (Å²) in [5.41, 5.74) is 0. The van der Waals surface area contributed by atoms with Crippen LogP contribution in [0.2, 0.25) is 0 Å². The van der Waals surface area contributed by atoms with Crippen LogP contribution in [0.5, 0.6) is 5.75 Å². The molecule has 0 spiro atoms. The number of sulfonamides is 1. The third-order valence-corrected chi connectivity index (χ3v) is 6.18. The summed E-state index contributed by atoms with van der Waals surface area (Å²) < 4.78 is 45.9. The van der Waals surface area contributed by atoms with Gasteiger partial charge in [0.25, 0.3) is 0 Å². The lowest BCUT2D eigenvalue weighted by atomic mass is 10.3. The Hall–Kier alpha value is -1.09. The van der Waals surface area contributed by atoms with Gasteiger partial charge in [0.15, 0.2) is 0 Å². The molecule has 0 bridgehead atoms. The molecule has 0 amide bonds. The second-order valence-corrected chi connectivity index (χ2v) is 8.67. The summed E-state index contributed by atoms with van der Waals surface area (Å²) in [4.78, 5) is 1.05. The van der Waals surface area contributed by atoms with E-state index in [1.165, 1.54) is 25.3 Å². The Balaban J connectivity index is 1.87. The summed E-state index contributed by atoms with van der Waals surface area (Å²) in [5.74, 6) is 0.755. The number of ether oxygens (including phenoxy) is 1. The fraction of sp³-hybridized carbons (Fsp3) is 0.250. The lowest BCUT2D eigenvalue weighted by Gasteiger charge is -2.11. The molecule has 0 unspecified atom stereocenters. The van der Waals surface area contributed by atoms with E-state index in [0.29, 0.717) is 23.2 Å². The zero-order chi connectivity index (χ0) is 17.6. The summed E-state index contributed by atoms with van der Waals surface area (Å²) in [6.45, 7) is 0.312. The molecule has 2 aromatic rings. The van der Waals surface area contributed by atoms with Crippen molar-refractivity contribution in [1.29, 1.82) is 0 Å². The number of methoxy groups -OCH3 is 1. The van der Waals surface area contributed by atoms with Gasteiger partial charge in [0.2, 0.25) is 10.0 Å². The minimum atomic E-state index is -3.64. The van der Waals surface area contributed by atoms with Gasteiger partial charge in [0.05, 0.1) is 7.11 Å². The Morgan fingerprint density at radius 1 is 1.21 bits per heavy atom. The maximum atomic E-state index is 12.8. The van der Waals surface area contributed by atoms with Crippen LogP contribution < -0.4 is 9.46 Å². The summed E-state index contributed by atoms with van der Waals surface area (Å²) in [7, 11) is -2.21. The van der Waals surface area contributed by atoms with E-state index in [1.807, 2.05) is 0 Å². The highest BCUT2D eigenvalue weighted by Crippen LogP contribution is 2.27. The number of rotatable bonds is 8. The predicted octanol–water partition coefficient (Wildman–Crippen LogP) is 4.06. The van der Waals surface area contributed by atoms with Gasteiger partial charge in [0, 0.05) is 15.9 Å². The maximum absolute atomic E-state index is 12.8. The molecule has 24 heavy (non-hydrogen) atoms. The minimum absolute atomic E-state index is 0.102. The molecule has 0 atom stereocenters. The SMILES string of the molecule is COc1ccc(Br)cc1S(=O)(=O)NCCCSc1ccc(F)cc1. The van der Waals surface area contributed by atoms with Gasteiger partial charge < -0.3 is 4.74 Å². The smallest absolute Gasteiger partial charge is 0.244 e. The monoisotopic (exact) mass is 433 g/mol. The third kappa shape index (κ3) is 5.47. The molecule has 0 aliphatic rings. The highest BCUT2D eigenvalue weighted by atomic mass is 79.9. The number of benzene rings is 2. The molecule has 0 saturated carbocycles. The van der Waals surface area contributed by atoms with E-state index < -0.39 is 10.0 Å². The van der Waals surface area contributed by atoms with Crippen molar-refractivity contribution in [3.8, 4) is 5.75 Å². The summed E-state index contributed by atoms with van der Waals surface area (Å²) in [5, 5.41) is 0. The van der Waals surface area contributed by atoms with E-state index in [4.69, 9.17) is 4.74 Å². The molecule has 0 aliphatic heterocycles. The van der Waals surface area contributed by atoms with Gasteiger partial charge in [-0.1, -0.05) is 15.9 Å². The van der Waals surface area contributed by atoms with Crippen molar-refractivity contribution in [2.24, 2.45) is 0 Å². The number of hydrogen-bond acceptors (Lipinski definition) is 4. The van der Waals surface area contributed by atoms with Crippen LogP contribution in [0.25, 0.3) is 0 Å². The van der Waals surface area contributed by atoms with Crippen LogP contribution >= 0.6 is 27.7 Å². The second kappa shape index (κ2) is 8.84. The average Bonchev–Trinajstić information content (AvgIpc) is 2.56. The van der Waals surface area contributed by atoms with Crippen LogP contribution in [-0.2, 0) is 10.0 Å². The van der Waals surface area contributed by atoms with Gasteiger partial charge in [-0.3, -0.25) is 0 Å². The first-order valence-electron chi connectivity index (χ1n) is 7.14. The van der Waals surface area contributed by atoms with Crippen molar-refractivity contribution in [2.45, 2.75) is 16.2 Å². The van der Waals surface area contributed by atoms with E-state index in [-0.39, 0.29) is 10.7 Å². The molecule has 0 radical (unpaired) electrons. The Bertz CT molecular complexity index is 782. The first-order chi connectivity index (χ1) is 11.4. The quantitative estimate of drug-likeness (QED) is 0.503. The Labute approximate surface area is 154 Å². The van der Waals surface area contributed by atoms with E-state index >= 15 is 0 Å². The van der Waals surface area contributed by atoms with Crippen molar-refractivity contribution in [1.82, 2.24) is 4.72 Å². The van der Waals surface area contributed by atoms with Crippen molar-refractivity contribution in [2.75, 3.05) is 19.4 Å². The molecule has 130 valence electrons. The number of hydrogen-bond donors (Lipinski definition) is 1. The van der Waals surface area contributed by atoms with Gasteiger partial charge in [-0.05, 0) is 54.6 Å². The van der Waals surface area contributed by atoms with Crippen LogP contribution in [0.1, 0.15) is 6.42 Å². The van der Waals surface area contributed by atoms with Gasteiger partial charge in [-0.15, -0.1) is 11.8 Å². The largest absolute Gasteiger partial charge is 0.495 e. The fourth-order valence-electron chi connectivity index (χ4n) is 1.94. The van der Waals surface area contributed by atoms with Gasteiger partial charge in [0.1, 0.15) is 16.5 Å². The topological polar surface area (TPSA) is 55.4 Å². The number of thioether (sulfide) groups is 1. The lowest BCUT2D eigenvalue weighted by Crippen LogP contribution is -2.25. The van der Waals surface area contributed by atoms with Crippen molar-refractivity contribution >= 4 is 37.7 Å². The zero-order valence-electron chi connectivity index (χ0n) is 13.0. The fourth-order valence-corrected chi connectivity index (χ4v) is 4.57. The standard InChI is InChI=1S/C16H17BrFNO3S2/c1-22-15-8-3-12(17)11-16(15)24(20,21)19-9-2-10-23-14-6-4-13(18)5-7-14/h3-8,11,19H,2,9-10H2,1H3. The lowest BCUT2D eigenvalue weighted by molar-refractivity contribution is 0.402. The third-order valence-electron chi connectivity index (χ3n) is 3.11. The van der Waals surface area contributed by atoms with Crippen molar-refractivity contribution in [3.63, 3.8) is 0 Å². The Kier molecular flexibility index (Phi) is 7.09. The molecule has 2 aromatic carbocycles. The average molecular weight is 434 g/mol. The van der Waals surface area contributed by atoms with Crippen molar-refractivity contribution in [3.05, 3.63) is 52.8 Å². The van der Waals surface area contributed by atoms with Crippen LogP contribution in [-0.4, -0.2) is 27.8 Å². The van der Waals surface area contributed by atoms with Gasteiger partial charge in [-0.25, -0.2) is 17.5 Å². The molecule has 2 rings (SSSR count). The van der Waals surface area contributed by atoms with Crippen LogP contribution in [0.3, 0.4) is 0 Å². The Morgan fingerprint density at radius 2 is 1.92 bits per heavy atom. The molecule has 0 heterocycles. The van der Waals surface area contributed by atoms with Gasteiger partial charge >= 0.3 is 0 Å².